The standard InChI is InChI=1S/C8H13O/c9-5-8-4-6-1-2-7(8)3-6/h7-9H,1-5H2. The van der Waals surface area contributed by atoms with E-state index in [9.17, 15) is 0 Å². The van der Waals surface area contributed by atoms with Crippen molar-refractivity contribution in [1.29, 1.82) is 0 Å². The van der Waals surface area contributed by atoms with Gasteiger partial charge >= 0.3 is 0 Å². The average Bonchev–Trinajstić information content (AvgIpc) is 2.45. The maximum Gasteiger partial charge on any atom is 0.0462 e. The Kier molecular flexibility index (Phi) is 1.26. The van der Waals surface area contributed by atoms with E-state index in [-0.39, 0.29) is 0 Å². The van der Waals surface area contributed by atoms with Crippen LogP contribution in [0.15, 0.2) is 0 Å². The van der Waals surface area contributed by atoms with Crippen molar-refractivity contribution in [3.63, 3.8) is 0 Å². The topological polar surface area (TPSA) is 20.2 Å². The minimum atomic E-state index is 0.425. The molecular weight excluding hydrogens is 112 g/mol. The number of aliphatic hydroxyl groups is 1. The third kappa shape index (κ3) is 0.787. The van der Waals surface area contributed by atoms with Gasteiger partial charge in [-0.2, -0.15) is 0 Å². The molecule has 0 spiro atoms. The molecule has 2 saturated carbocycles. The van der Waals surface area contributed by atoms with Crippen LogP contribution in [-0.4, -0.2) is 11.7 Å². The first-order valence-electron chi connectivity index (χ1n) is 3.84. The summed E-state index contributed by atoms with van der Waals surface area (Å²) >= 11 is 0. The lowest BCUT2D eigenvalue weighted by Gasteiger charge is -2.17. The summed E-state index contributed by atoms with van der Waals surface area (Å²) in [7, 11) is 0. The molecule has 0 amide bonds. The molecule has 0 aliphatic heterocycles. The van der Waals surface area contributed by atoms with E-state index in [4.69, 9.17) is 5.11 Å². The Bertz CT molecular complexity index is 111. The second-order valence-electron chi connectivity index (χ2n) is 3.40. The summed E-state index contributed by atoms with van der Waals surface area (Å²) in [5, 5.41) is 8.87. The van der Waals surface area contributed by atoms with Gasteiger partial charge in [0.1, 0.15) is 0 Å². The van der Waals surface area contributed by atoms with Gasteiger partial charge in [-0.05, 0) is 43.4 Å². The molecule has 1 N–H and O–H groups in total. The minimum absolute atomic E-state index is 0.425. The molecule has 2 bridgehead atoms. The van der Waals surface area contributed by atoms with E-state index in [0.29, 0.717) is 12.5 Å². The Hall–Kier alpha value is -0.0400. The van der Waals surface area contributed by atoms with E-state index < -0.39 is 0 Å². The second kappa shape index (κ2) is 1.98. The first-order chi connectivity index (χ1) is 4.40. The summed E-state index contributed by atoms with van der Waals surface area (Å²) in [5.74, 6) is 3.23. The number of rotatable bonds is 1. The van der Waals surface area contributed by atoms with Gasteiger partial charge in [0.25, 0.3) is 0 Å². The predicted octanol–water partition coefficient (Wildman–Crippen LogP) is 1.37. The van der Waals surface area contributed by atoms with E-state index >= 15 is 0 Å². The quantitative estimate of drug-likeness (QED) is 0.561. The van der Waals surface area contributed by atoms with Gasteiger partial charge in [0.2, 0.25) is 0 Å². The van der Waals surface area contributed by atoms with Crippen LogP contribution < -0.4 is 0 Å². The maximum absolute atomic E-state index is 8.87. The summed E-state index contributed by atoms with van der Waals surface area (Å²) in [5.41, 5.74) is 0. The van der Waals surface area contributed by atoms with E-state index in [1.807, 2.05) is 0 Å². The number of hydrogen-bond donors (Lipinski definition) is 1. The van der Waals surface area contributed by atoms with Gasteiger partial charge in [0.15, 0.2) is 0 Å². The van der Waals surface area contributed by atoms with Crippen LogP contribution in [0.3, 0.4) is 0 Å². The molecule has 0 aromatic rings. The Morgan fingerprint density at radius 1 is 1.44 bits per heavy atom. The molecule has 2 rings (SSSR count). The van der Waals surface area contributed by atoms with Crippen LogP contribution >= 0.6 is 0 Å². The normalized spacial score (nSPS) is 42.3. The lowest BCUT2D eigenvalue weighted by Crippen LogP contribution is -2.13. The van der Waals surface area contributed by atoms with E-state index in [0.717, 1.165) is 5.92 Å². The zero-order valence-corrected chi connectivity index (χ0v) is 5.64. The summed E-state index contributed by atoms with van der Waals surface area (Å²) in [4.78, 5) is 0. The monoisotopic (exact) mass is 125 g/mol. The first-order valence-corrected chi connectivity index (χ1v) is 3.84. The van der Waals surface area contributed by atoms with Crippen LogP contribution in [-0.2, 0) is 0 Å². The third-order valence-corrected chi connectivity index (χ3v) is 2.87. The fourth-order valence-corrected chi connectivity index (χ4v) is 2.30. The van der Waals surface area contributed by atoms with E-state index in [1.54, 1.807) is 5.92 Å². The highest BCUT2D eigenvalue weighted by Gasteiger charge is 2.39. The SMILES string of the molecule is OCC1C[C]2CCC1C2. The summed E-state index contributed by atoms with van der Waals surface area (Å²) in [6.07, 6.45) is 5.30. The molecule has 9 heavy (non-hydrogen) atoms. The summed E-state index contributed by atoms with van der Waals surface area (Å²) in [6.45, 7) is 0.425. The molecule has 2 unspecified atom stereocenters. The van der Waals surface area contributed by atoms with Gasteiger partial charge in [0, 0.05) is 6.61 Å². The van der Waals surface area contributed by atoms with Crippen LogP contribution in [0.25, 0.3) is 0 Å². The highest BCUT2D eigenvalue weighted by molar-refractivity contribution is 5.08. The van der Waals surface area contributed by atoms with Gasteiger partial charge < -0.3 is 5.11 Å². The minimum Gasteiger partial charge on any atom is -0.396 e. The lowest BCUT2D eigenvalue weighted by atomic mass is 9.90. The first kappa shape index (κ1) is 5.72. The van der Waals surface area contributed by atoms with Crippen molar-refractivity contribution in [1.82, 2.24) is 0 Å². The predicted molar refractivity (Wildman–Crippen MR) is 35.8 cm³/mol. The van der Waals surface area contributed by atoms with Crippen molar-refractivity contribution < 1.29 is 5.11 Å². The van der Waals surface area contributed by atoms with Gasteiger partial charge in [0.05, 0.1) is 0 Å². The molecule has 2 atom stereocenters. The van der Waals surface area contributed by atoms with Gasteiger partial charge in [-0.15, -0.1) is 0 Å². The van der Waals surface area contributed by atoms with Crippen molar-refractivity contribution in [2.24, 2.45) is 11.8 Å². The van der Waals surface area contributed by atoms with Crippen LogP contribution in [0.1, 0.15) is 25.7 Å². The van der Waals surface area contributed by atoms with Crippen molar-refractivity contribution in [3.8, 4) is 0 Å². The molecule has 1 nitrogen and oxygen atoms in total. The van der Waals surface area contributed by atoms with Crippen LogP contribution in [0, 0.1) is 17.8 Å². The fourth-order valence-electron chi connectivity index (χ4n) is 2.30. The molecule has 2 fully saturated rings. The van der Waals surface area contributed by atoms with Crippen molar-refractivity contribution >= 4 is 0 Å². The molecule has 0 aromatic carbocycles. The maximum atomic E-state index is 8.87. The molecule has 0 heterocycles. The summed E-state index contributed by atoms with van der Waals surface area (Å²) in [6, 6.07) is 0. The van der Waals surface area contributed by atoms with Gasteiger partial charge in [-0.1, -0.05) is 0 Å². The second-order valence-corrected chi connectivity index (χ2v) is 3.40. The molecule has 1 heteroatoms. The molecule has 0 aromatic heterocycles. The van der Waals surface area contributed by atoms with Gasteiger partial charge in [-0.25, -0.2) is 0 Å². The Balaban J connectivity index is 2.01. The third-order valence-electron chi connectivity index (χ3n) is 2.87. The number of aliphatic hydroxyl groups excluding tert-OH is 1. The lowest BCUT2D eigenvalue weighted by molar-refractivity contribution is 0.185. The Labute approximate surface area is 56.1 Å². The Morgan fingerprint density at radius 3 is 2.67 bits per heavy atom. The van der Waals surface area contributed by atoms with Crippen LogP contribution in [0.5, 0.6) is 0 Å². The van der Waals surface area contributed by atoms with Crippen LogP contribution in [0.2, 0.25) is 0 Å². The fraction of sp³-hybridized carbons (Fsp3) is 0.875. The molecule has 51 valence electrons. The molecule has 2 aliphatic rings. The van der Waals surface area contributed by atoms with Crippen molar-refractivity contribution in [2.75, 3.05) is 6.61 Å². The summed E-state index contributed by atoms with van der Waals surface area (Å²) < 4.78 is 0. The molecule has 1 radical (unpaired) electrons. The van der Waals surface area contributed by atoms with Crippen LogP contribution in [0.4, 0.5) is 0 Å². The van der Waals surface area contributed by atoms with Crippen molar-refractivity contribution in [2.45, 2.75) is 25.7 Å². The highest BCUT2D eigenvalue weighted by atomic mass is 16.3. The van der Waals surface area contributed by atoms with E-state index in [2.05, 4.69) is 0 Å². The largest absolute Gasteiger partial charge is 0.396 e. The highest BCUT2D eigenvalue weighted by Crippen LogP contribution is 2.49. The van der Waals surface area contributed by atoms with Crippen molar-refractivity contribution in [3.05, 3.63) is 5.92 Å². The van der Waals surface area contributed by atoms with Gasteiger partial charge in [-0.3, -0.25) is 0 Å². The zero-order chi connectivity index (χ0) is 6.27. The average molecular weight is 125 g/mol. The van der Waals surface area contributed by atoms with E-state index in [1.165, 1.54) is 25.7 Å². The smallest absolute Gasteiger partial charge is 0.0462 e. The molecular formula is C8H13O. The molecule has 2 aliphatic carbocycles. The zero-order valence-electron chi connectivity index (χ0n) is 5.64. The number of hydrogen-bond acceptors (Lipinski definition) is 1. The Morgan fingerprint density at radius 2 is 2.33 bits per heavy atom. The molecule has 0 saturated heterocycles. The number of fused-ring (bicyclic) bond motifs is 2.